The number of carbonyl (C=O) groups excluding carboxylic acids is 2. The van der Waals surface area contributed by atoms with E-state index >= 15 is 0 Å². The fourth-order valence-electron chi connectivity index (χ4n) is 2.97. The van der Waals surface area contributed by atoms with Crippen molar-refractivity contribution in [1.29, 1.82) is 0 Å². The number of rotatable bonds is 5. The summed E-state index contributed by atoms with van der Waals surface area (Å²) in [5.41, 5.74) is 6.44. The van der Waals surface area contributed by atoms with Gasteiger partial charge in [-0.1, -0.05) is 6.07 Å². The number of pyridine rings is 1. The zero-order chi connectivity index (χ0) is 18.8. The molecule has 1 aromatic carbocycles. The smallest absolute Gasteiger partial charge is 0.312 e. The Kier molecular flexibility index (Phi) is 4.66. The predicted molar refractivity (Wildman–Crippen MR) is 91.6 cm³/mol. The van der Waals surface area contributed by atoms with Crippen LogP contribution in [0.5, 0.6) is 17.2 Å². The lowest BCUT2D eigenvalue weighted by Gasteiger charge is -2.24. The van der Waals surface area contributed by atoms with E-state index in [-0.39, 0.29) is 24.3 Å². The van der Waals surface area contributed by atoms with E-state index < -0.39 is 17.8 Å². The molecule has 2 aromatic rings. The lowest BCUT2D eigenvalue weighted by Crippen LogP contribution is -2.28. The summed E-state index contributed by atoms with van der Waals surface area (Å²) in [4.78, 5) is 38.2. The van der Waals surface area contributed by atoms with Crippen LogP contribution in [0.3, 0.4) is 0 Å². The number of hydrogen-bond acceptors (Lipinski definition) is 6. The number of H-pyrrole nitrogens is 1. The van der Waals surface area contributed by atoms with Gasteiger partial charge in [0.25, 0.3) is 11.5 Å². The molecule has 3 N–H and O–H groups in total. The molecule has 0 bridgehead atoms. The number of nitrogens with two attached hydrogens (primary N) is 1. The highest BCUT2D eigenvalue weighted by molar-refractivity contribution is 5.78. The van der Waals surface area contributed by atoms with Gasteiger partial charge < -0.3 is 24.9 Å². The Morgan fingerprint density at radius 1 is 1.31 bits per heavy atom. The molecule has 26 heavy (non-hydrogen) atoms. The molecular weight excluding hydrogens is 340 g/mol. The monoisotopic (exact) mass is 358 g/mol. The second kappa shape index (κ2) is 6.91. The Hall–Kier alpha value is -3.29. The quantitative estimate of drug-likeness (QED) is 0.769. The molecule has 0 saturated heterocycles. The van der Waals surface area contributed by atoms with E-state index in [0.717, 1.165) is 0 Å². The van der Waals surface area contributed by atoms with Gasteiger partial charge in [0, 0.05) is 17.7 Å². The van der Waals surface area contributed by atoms with Gasteiger partial charge in [-0.2, -0.15) is 0 Å². The molecule has 136 valence electrons. The largest absolute Gasteiger partial charge is 0.493 e. The first kappa shape index (κ1) is 17.5. The maximum atomic E-state index is 12.4. The van der Waals surface area contributed by atoms with E-state index in [4.69, 9.17) is 19.9 Å². The Bertz CT molecular complexity index is 934. The number of nitrogens with one attached hydrogen (secondary N) is 1. The van der Waals surface area contributed by atoms with Crippen molar-refractivity contribution < 1.29 is 23.8 Å². The summed E-state index contributed by atoms with van der Waals surface area (Å²) < 4.78 is 15.8. The number of aryl methyl sites for hydroxylation is 1. The third-order valence-corrected chi connectivity index (χ3v) is 4.07. The average molecular weight is 358 g/mol. The first-order valence-corrected chi connectivity index (χ1v) is 7.92. The molecule has 0 saturated carbocycles. The van der Waals surface area contributed by atoms with Crippen molar-refractivity contribution in [2.45, 2.75) is 19.3 Å². The number of carbonyl (C=O) groups is 2. The van der Waals surface area contributed by atoms with E-state index in [1.807, 2.05) is 0 Å². The van der Waals surface area contributed by atoms with E-state index in [0.29, 0.717) is 28.3 Å². The van der Waals surface area contributed by atoms with E-state index in [1.54, 1.807) is 31.2 Å². The predicted octanol–water partition coefficient (Wildman–Crippen LogP) is 0.997. The average Bonchev–Trinajstić information content (AvgIpc) is 2.58. The van der Waals surface area contributed by atoms with Gasteiger partial charge >= 0.3 is 5.97 Å². The first-order chi connectivity index (χ1) is 12.4. The van der Waals surface area contributed by atoms with Crippen molar-refractivity contribution >= 4 is 11.9 Å². The van der Waals surface area contributed by atoms with Gasteiger partial charge in [0.05, 0.1) is 19.1 Å². The van der Waals surface area contributed by atoms with Crippen LogP contribution in [0.15, 0.2) is 29.1 Å². The lowest BCUT2D eigenvalue weighted by atomic mass is 9.87. The fraction of sp³-hybridized carbons (Fsp3) is 0.278. The molecule has 8 nitrogen and oxygen atoms in total. The summed E-state index contributed by atoms with van der Waals surface area (Å²) >= 11 is 0. The Balaban J connectivity index is 2.07. The molecule has 3 rings (SSSR count). The molecule has 1 aliphatic rings. The van der Waals surface area contributed by atoms with Crippen molar-refractivity contribution in [2.24, 2.45) is 5.73 Å². The van der Waals surface area contributed by atoms with E-state index in [9.17, 15) is 14.4 Å². The molecule has 1 aromatic heterocycles. The van der Waals surface area contributed by atoms with E-state index in [2.05, 4.69) is 4.98 Å². The minimum absolute atomic E-state index is 0.0146. The molecule has 1 atom stereocenters. The highest BCUT2D eigenvalue weighted by Crippen LogP contribution is 2.39. The third-order valence-electron chi connectivity index (χ3n) is 4.07. The zero-order valence-corrected chi connectivity index (χ0v) is 14.3. The molecule has 8 heteroatoms. The molecule has 0 spiro atoms. The van der Waals surface area contributed by atoms with Crippen molar-refractivity contribution in [3.05, 3.63) is 51.4 Å². The maximum absolute atomic E-state index is 12.4. The van der Waals surface area contributed by atoms with Crippen LogP contribution in [0.4, 0.5) is 0 Å². The minimum Gasteiger partial charge on any atom is -0.493 e. The number of fused-ring (bicyclic) bond motifs is 1. The molecule has 2 heterocycles. The van der Waals surface area contributed by atoms with Crippen molar-refractivity contribution in [3.8, 4) is 17.2 Å². The summed E-state index contributed by atoms with van der Waals surface area (Å²) in [6.45, 7) is 1.39. The van der Waals surface area contributed by atoms with Crippen LogP contribution < -0.4 is 25.5 Å². The number of primary amides is 1. The van der Waals surface area contributed by atoms with Gasteiger partial charge in [-0.3, -0.25) is 14.4 Å². The van der Waals surface area contributed by atoms with Crippen LogP contribution in [0, 0.1) is 6.92 Å². The lowest BCUT2D eigenvalue weighted by molar-refractivity contribution is -0.135. The normalized spacial score (nSPS) is 15.8. The first-order valence-electron chi connectivity index (χ1n) is 7.92. The Labute approximate surface area is 148 Å². The SMILES string of the molecule is COc1ccc(C2CC(=O)Oc3cc(C)[nH]c(=O)c32)cc1OCC(N)=O. The second-order valence-corrected chi connectivity index (χ2v) is 5.96. The number of ether oxygens (including phenoxy) is 3. The molecule has 1 amide bonds. The number of esters is 1. The number of aromatic nitrogens is 1. The zero-order valence-electron chi connectivity index (χ0n) is 14.3. The molecule has 0 aliphatic carbocycles. The summed E-state index contributed by atoms with van der Waals surface area (Å²) in [6.07, 6.45) is 0.0146. The van der Waals surface area contributed by atoms with Gasteiger partial charge in [0.2, 0.25) is 0 Å². The van der Waals surface area contributed by atoms with Crippen molar-refractivity contribution in [2.75, 3.05) is 13.7 Å². The molecule has 1 aliphatic heterocycles. The minimum atomic E-state index is -0.629. The topological polar surface area (TPSA) is 121 Å². The van der Waals surface area contributed by atoms with Gasteiger partial charge in [-0.25, -0.2) is 0 Å². The number of benzene rings is 1. The summed E-state index contributed by atoms with van der Waals surface area (Å²) in [6, 6.07) is 6.64. The van der Waals surface area contributed by atoms with Crippen LogP contribution in [-0.2, 0) is 9.59 Å². The Morgan fingerprint density at radius 3 is 2.77 bits per heavy atom. The molecular formula is C18H18N2O6. The van der Waals surface area contributed by atoms with Crippen LogP contribution in [-0.4, -0.2) is 30.6 Å². The van der Waals surface area contributed by atoms with E-state index in [1.165, 1.54) is 7.11 Å². The molecule has 1 unspecified atom stereocenters. The van der Waals surface area contributed by atoms with Crippen LogP contribution in [0.2, 0.25) is 0 Å². The van der Waals surface area contributed by atoms with Gasteiger partial charge in [-0.15, -0.1) is 0 Å². The number of hydrogen-bond donors (Lipinski definition) is 2. The molecule has 0 fully saturated rings. The standard InChI is InChI=1S/C18H18N2O6/c1-9-5-14-17(18(23)20-9)11(7-16(22)26-14)10-3-4-12(24-2)13(6-10)25-8-15(19)21/h3-6,11H,7-8H2,1-2H3,(H2,19,21)(H,20,23). The van der Waals surface area contributed by atoms with Crippen LogP contribution in [0.25, 0.3) is 0 Å². The summed E-state index contributed by atoms with van der Waals surface area (Å²) in [5, 5.41) is 0. The highest BCUT2D eigenvalue weighted by atomic mass is 16.5. The van der Waals surface area contributed by atoms with Crippen LogP contribution >= 0.6 is 0 Å². The van der Waals surface area contributed by atoms with Gasteiger partial charge in [0.1, 0.15) is 5.75 Å². The Morgan fingerprint density at radius 2 is 2.08 bits per heavy atom. The highest BCUT2D eigenvalue weighted by Gasteiger charge is 2.32. The summed E-state index contributed by atoms with van der Waals surface area (Å²) in [7, 11) is 1.47. The maximum Gasteiger partial charge on any atom is 0.312 e. The van der Waals surface area contributed by atoms with Gasteiger partial charge in [-0.05, 0) is 24.6 Å². The van der Waals surface area contributed by atoms with Crippen molar-refractivity contribution in [3.63, 3.8) is 0 Å². The number of aromatic amines is 1. The second-order valence-electron chi connectivity index (χ2n) is 5.96. The summed E-state index contributed by atoms with van der Waals surface area (Å²) in [5.74, 6) is -0.599. The number of methoxy groups -OCH3 is 1. The fourth-order valence-corrected chi connectivity index (χ4v) is 2.97. The third kappa shape index (κ3) is 3.39. The number of amides is 1. The molecule has 0 radical (unpaired) electrons. The van der Waals surface area contributed by atoms with Crippen molar-refractivity contribution in [1.82, 2.24) is 4.98 Å². The van der Waals surface area contributed by atoms with Gasteiger partial charge in [0.15, 0.2) is 18.1 Å². The van der Waals surface area contributed by atoms with Crippen LogP contribution in [0.1, 0.15) is 29.2 Å².